The van der Waals surface area contributed by atoms with Gasteiger partial charge in [-0.1, -0.05) is 50.1 Å². The van der Waals surface area contributed by atoms with Gasteiger partial charge in [0.25, 0.3) is 15.9 Å². The van der Waals surface area contributed by atoms with Crippen LogP contribution in [-0.4, -0.2) is 40.0 Å². The summed E-state index contributed by atoms with van der Waals surface area (Å²) in [6.45, 7) is 2.73. The lowest BCUT2D eigenvalue weighted by atomic mass is 10.2. The van der Waals surface area contributed by atoms with E-state index in [1.807, 2.05) is 24.3 Å². The quantitative estimate of drug-likeness (QED) is 0.336. The molecular formula is C24H28N2O5S. The van der Waals surface area contributed by atoms with Gasteiger partial charge in [0.05, 0.1) is 10.6 Å². The predicted octanol–water partition coefficient (Wildman–Crippen LogP) is 3.30. The molecule has 2 aromatic carbocycles. The minimum absolute atomic E-state index is 0.189. The molecule has 32 heavy (non-hydrogen) atoms. The Bertz CT molecular complexity index is 1080. The zero-order valence-electron chi connectivity index (χ0n) is 18.1. The summed E-state index contributed by atoms with van der Waals surface area (Å²) in [6.07, 6.45) is 6.41. The van der Waals surface area contributed by atoms with Gasteiger partial charge in [0.1, 0.15) is 0 Å². The van der Waals surface area contributed by atoms with E-state index in [9.17, 15) is 18.0 Å². The molecule has 0 radical (unpaired) electrons. The maximum Gasteiger partial charge on any atom is 0.331 e. The third kappa shape index (κ3) is 5.97. The van der Waals surface area contributed by atoms with Crippen molar-refractivity contribution in [3.63, 3.8) is 0 Å². The molecule has 1 aliphatic rings. The number of rotatable bonds is 10. The molecule has 1 N–H and O–H groups in total. The number of anilines is 1. The highest BCUT2D eigenvalue weighted by atomic mass is 32.2. The lowest BCUT2D eigenvalue weighted by molar-refractivity contribution is -0.143. The second-order valence-electron chi connectivity index (χ2n) is 7.52. The van der Waals surface area contributed by atoms with Crippen molar-refractivity contribution >= 4 is 33.7 Å². The number of amides is 1. The summed E-state index contributed by atoms with van der Waals surface area (Å²) >= 11 is 0. The third-order valence-corrected chi connectivity index (χ3v) is 7.00. The highest BCUT2D eigenvalue weighted by molar-refractivity contribution is 7.92. The Morgan fingerprint density at radius 3 is 2.59 bits per heavy atom. The maximum atomic E-state index is 13.0. The van der Waals surface area contributed by atoms with E-state index in [0.29, 0.717) is 30.8 Å². The molecule has 2 aromatic rings. The standard InChI is InChI=1S/C24H28N2O5S/c1-2-3-6-16-25-23(27)18-31-24(28)14-11-19-9-12-21(13-10-19)32(29,30)26-17-15-20-7-4-5-8-22(20)26/h4-5,7-14H,2-3,6,15-18H2,1H3,(H,25,27)/b14-11+. The fourth-order valence-corrected chi connectivity index (χ4v) is 4.94. The lowest BCUT2D eigenvalue weighted by Gasteiger charge is -2.19. The number of nitrogens with zero attached hydrogens (tertiary/aromatic N) is 1. The minimum atomic E-state index is -3.66. The first kappa shape index (κ1) is 23.5. The fourth-order valence-electron chi connectivity index (χ4n) is 3.44. The van der Waals surface area contributed by atoms with Gasteiger partial charge in [0.2, 0.25) is 0 Å². The van der Waals surface area contributed by atoms with Crippen LogP contribution in [0.25, 0.3) is 6.08 Å². The number of hydrogen-bond acceptors (Lipinski definition) is 5. The fraction of sp³-hybridized carbons (Fsp3) is 0.333. The van der Waals surface area contributed by atoms with Crippen molar-refractivity contribution < 1.29 is 22.7 Å². The van der Waals surface area contributed by atoms with Gasteiger partial charge in [-0.2, -0.15) is 0 Å². The van der Waals surface area contributed by atoms with E-state index in [1.165, 1.54) is 28.6 Å². The molecule has 8 heteroatoms. The van der Waals surface area contributed by atoms with Gasteiger partial charge in [-0.05, 0) is 48.2 Å². The van der Waals surface area contributed by atoms with Gasteiger partial charge in [-0.25, -0.2) is 13.2 Å². The van der Waals surface area contributed by atoms with E-state index < -0.39 is 16.0 Å². The van der Waals surface area contributed by atoms with Crippen molar-refractivity contribution in [2.24, 2.45) is 0 Å². The summed E-state index contributed by atoms with van der Waals surface area (Å²) in [5.41, 5.74) is 2.38. The van der Waals surface area contributed by atoms with Crippen LogP contribution in [0.3, 0.4) is 0 Å². The Kier molecular flexibility index (Phi) is 8.05. The van der Waals surface area contributed by atoms with E-state index >= 15 is 0 Å². The number of carbonyl (C=O) groups is 2. The highest BCUT2D eigenvalue weighted by Gasteiger charge is 2.30. The van der Waals surface area contributed by atoms with Crippen molar-refractivity contribution in [2.45, 2.75) is 37.5 Å². The molecular weight excluding hydrogens is 428 g/mol. The average molecular weight is 457 g/mol. The molecule has 0 unspecified atom stereocenters. The zero-order chi connectivity index (χ0) is 23.0. The molecule has 3 rings (SSSR count). The van der Waals surface area contributed by atoms with Crippen LogP contribution in [0.5, 0.6) is 0 Å². The number of nitrogens with one attached hydrogen (secondary N) is 1. The van der Waals surface area contributed by atoms with Gasteiger partial charge in [-0.3, -0.25) is 9.10 Å². The van der Waals surface area contributed by atoms with Gasteiger partial charge in [0.15, 0.2) is 6.61 Å². The second-order valence-corrected chi connectivity index (χ2v) is 9.39. The molecule has 170 valence electrons. The first-order valence-corrected chi connectivity index (χ1v) is 12.2. The normalized spacial score (nSPS) is 13.2. The number of carbonyl (C=O) groups excluding carboxylic acids is 2. The Morgan fingerprint density at radius 1 is 1.09 bits per heavy atom. The number of fused-ring (bicyclic) bond motifs is 1. The number of benzene rings is 2. The molecule has 0 aromatic heterocycles. The number of hydrogen-bond donors (Lipinski definition) is 1. The van der Waals surface area contributed by atoms with Crippen LogP contribution in [0, 0.1) is 0 Å². The number of ether oxygens (including phenoxy) is 1. The van der Waals surface area contributed by atoms with E-state index in [1.54, 1.807) is 12.1 Å². The van der Waals surface area contributed by atoms with Crippen LogP contribution in [0.15, 0.2) is 59.5 Å². The van der Waals surface area contributed by atoms with Gasteiger partial charge < -0.3 is 10.1 Å². The highest BCUT2D eigenvalue weighted by Crippen LogP contribution is 2.32. The molecule has 0 aliphatic carbocycles. The van der Waals surface area contributed by atoms with Gasteiger partial charge in [0, 0.05) is 19.2 Å². The van der Waals surface area contributed by atoms with Crippen molar-refractivity contribution in [1.82, 2.24) is 5.32 Å². The topological polar surface area (TPSA) is 92.8 Å². The molecule has 0 fully saturated rings. The Labute approximate surface area is 189 Å². The molecule has 0 atom stereocenters. The van der Waals surface area contributed by atoms with Gasteiger partial charge in [-0.15, -0.1) is 0 Å². The van der Waals surface area contributed by atoms with E-state index in [0.717, 1.165) is 24.8 Å². The molecule has 1 heterocycles. The van der Waals surface area contributed by atoms with Crippen LogP contribution in [0.4, 0.5) is 5.69 Å². The first-order chi connectivity index (χ1) is 15.4. The van der Waals surface area contributed by atoms with E-state index in [4.69, 9.17) is 4.74 Å². The summed E-state index contributed by atoms with van der Waals surface area (Å²) in [4.78, 5) is 23.6. The Balaban J connectivity index is 1.54. The second kappa shape index (κ2) is 10.9. The number of unbranched alkanes of at least 4 members (excludes halogenated alkanes) is 2. The molecule has 0 bridgehead atoms. The smallest absolute Gasteiger partial charge is 0.331 e. The van der Waals surface area contributed by atoms with Crippen LogP contribution < -0.4 is 9.62 Å². The summed E-state index contributed by atoms with van der Waals surface area (Å²) in [7, 11) is -3.66. The Hall–Kier alpha value is -3.13. The zero-order valence-corrected chi connectivity index (χ0v) is 18.9. The van der Waals surface area contributed by atoms with Crippen molar-refractivity contribution in [3.8, 4) is 0 Å². The maximum absolute atomic E-state index is 13.0. The minimum Gasteiger partial charge on any atom is -0.452 e. The van der Waals surface area contributed by atoms with Crippen molar-refractivity contribution in [1.29, 1.82) is 0 Å². The number of sulfonamides is 1. The molecule has 1 aliphatic heterocycles. The van der Waals surface area contributed by atoms with Crippen LogP contribution in [-0.2, 0) is 30.8 Å². The molecule has 0 saturated carbocycles. The monoisotopic (exact) mass is 456 g/mol. The van der Waals surface area contributed by atoms with Gasteiger partial charge >= 0.3 is 5.97 Å². The number of esters is 1. The summed E-state index contributed by atoms with van der Waals surface area (Å²) in [6, 6.07) is 13.8. The summed E-state index contributed by atoms with van der Waals surface area (Å²) in [5, 5.41) is 2.70. The average Bonchev–Trinajstić information content (AvgIpc) is 3.24. The lowest BCUT2D eigenvalue weighted by Crippen LogP contribution is -2.29. The number of para-hydroxylation sites is 1. The van der Waals surface area contributed by atoms with E-state index in [2.05, 4.69) is 12.2 Å². The van der Waals surface area contributed by atoms with Crippen LogP contribution in [0.1, 0.15) is 37.3 Å². The summed E-state index contributed by atoms with van der Waals surface area (Å²) < 4.78 is 32.4. The summed E-state index contributed by atoms with van der Waals surface area (Å²) in [5.74, 6) is -0.972. The molecule has 0 saturated heterocycles. The molecule has 0 spiro atoms. The Morgan fingerprint density at radius 2 is 1.84 bits per heavy atom. The van der Waals surface area contributed by atoms with Crippen LogP contribution >= 0.6 is 0 Å². The van der Waals surface area contributed by atoms with Crippen LogP contribution in [0.2, 0.25) is 0 Å². The predicted molar refractivity (Wildman–Crippen MR) is 124 cm³/mol. The molecule has 1 amide bonds. The van der Waals surface area contributed by atoms with E-state index in [-0.39, 0.29) is 17.4 Å². The third-order valence-electron chi connectivity index (χ3n) is 5.17. The molecule has 7 nitrogen and oxygen atoms in total. The van der Waals surface area contributed by atoms with Crippen molar-refractivity contribution in [3.05, 3.63) is 65.7 Å². The SMILES string of the molecule is CCCCCNC(=O)COC(=O)/C=C/c1ccc(S(=O)(=O)N2CCc3ccccc32)cc1. The van der Waals surface area contributed by atoms with Crippen molar-refractivity contribution in [2.75, 3.05) is 24.0 Å². The first-order valence-electron chi connectivity index (χ1n) is 10.7. The largest absolute Gasteiger partial charge is 0.452 e.